The highest BCUT2D eigenvalue weighted by Crippen LogP contribution is 2.38. The van der Waals surface area contributed by atoms with Gasteiger partial charge >= 0.3 is 0 Å². The first-order valence-electron chi connectivity index (χ1n) is 15.9. The smallest absolute Gasteiger partial charge is 0.192 e. The molecule has 3 aromatic carbocycles. The molecule has 0 bridgehead atoms. The molecule has 4 rings (SSSR count). The third kappa shape index (κ3) is 9.94. The Balaban J connectivity index is 1.76. The third-order valence-electron chi connectivity index (χ3n) is 8.66. The summed E-state index contributed by atoms with van der Waals surface area (Å²) in [5.74, 6) is -0.236. The molecule has 0 amide bonds. The molecule has 1 aliphatic rings. The Bertz CT molecular complexity index is 1470. The molecule has 5 atom stereocenters. The number of sulfone groups is 1. The number of benzene rings is 3. The Hall–Kier alpha value is -2.63. The molecule has 0 spiro atoms. The van der Waals surface area contributed by atoms with Gasteiger partial charge in [-0.1, -0.05) is 124 Å². The fourth-order valence-electron chi connectivity index (χ4n) is 5.10. The fraction of sp³-hybridized carbons (Fsp3) is 0.459. The minimum absolute atomic E-state index is 0.0575. The lowest BCUT2D eigenvalue weighted by Crippen LogP contribution is -2.63. The fourth-order valence-corrected chi connectivity index (χ4v) is 7.92. The molecule has 3 aromatic rings. The molecule has 1 saturated heterocycles. The highest BCUT2D eigenvalue weighted by Gasteiger charge is 2.53. The summed E-state index contributed by atoms with van der Waals surface area (Å²) in [7, 11) is -6.12. The first-order chi connectivity index (χ1) is 21.8. The van der Waals surface area contributed by atoms with Gasteiger partial charge in [-0.3, -0.25) is 0 Å². The summed E-state index contributed by atoms with van der Waals surface area (Å²) < 4.78 is 61.1. The van der Waals surface area contributed by atoms with Crippen molar-refractivity contribution in [2.75, 3.05) is 12.4 Å². The zero-order valence-corrected chi connectivity index (χ0v) is 29.9. The van der Waals surface area contributed by atoms with Gasteiger partial charge in [0.25, 0.3) is 0 Å². The largest absolute Gasteiger partial charge is 0.414 e. The van der Waals surface area contributed by atoms with Crippen LogP contribution in [-0.4, -0.2) is 58.9 Å². The Kier molecular flexibility index (Phi) is 12.6. The molecule has 0 N–H and O–H groups in total. The van der Waals surface area contributed by atoms with E-state index in [1.165, 1.54) is 0 Å². The Morgan fingerprint density at radius 2 is 1.15 bits per heavy atom. The van der Waals surface area contributed by atoms with Crippen LogP contribution in [0.2, 0.25) is 18.1 Å². The van der Waals surface area contributed by atoms with Gasteiger partial charge in [-0.05, 0) is 41.7 Å². The lowest BCUT2D eigenvalue weighted by molar-refractivity contribution is -0.252. The second-order valence-corrected chi connectivity index (χ2v) is 20.6. The number of ether oxygens (including phenoxy) is 4. The van der Waals surface area contributed by atoms with Crippen LogP contribution in [0.15, 0.2) is 103 Å². The molecule has 250 valence electrons. The van der Waals surface area contributed by atoms with E-state index in [9.17, 15) is 8.42 Å². The van der Waals surface area contributed by atoms with Crippen molar-refractivity contribution in [3.05, 3.63) is 120 Å². The van der Waals surface area contributed by atoms with Gasteiger partial charge < -0.3 is 23.4 Å². The summed E-state index contributed by atoms with van der Waals surface area (Å²) in [5.41, 5.74) is 2.03. The van der Waals surface area contributed by atoms with Crippen LogP contribution < -0.4 is 0 Å². The van der Waals surface area contributed by atoms with Gasteiger partial charge in [-0.2, -0.15) is 0 Å². The standard InChI is InChI=1S/C37H50O7SSi/c1-28(2)27-45(38,39)36-35(42-25-31-21-15-10-16-22-31)34(41-24-30-19-13-9-14-20-30)33(40-23-29-17-11-8-12-18-29)32(44-36)26-43-46(6,7)37(3,4)5/h8-22,32-36H,1,23-27H2,2-7H3/t32-,33-,34+,35-,36?/m1/s1. The topological polar surface area (TPSA) is 80.3 Å². The summed E-state index contributed by atoms with van der Waals surface area (Å²) >= 11 is 0. The van der Waals surface area contributed by atoms with Crippen molar-refractivity contribution < 1.29 is 31.8 Å². The van der Waals surface area contributed by atoms with E-state index in [0.717, 1.165) is 16.7 Å². The third-order valence-corrected chi connectivity index (χ3v) is 15.1. The van der Waals surface area contributed by atoms with E-state index in [0.29, 0.717) is 5.57 Å². The van der Waals surface area contributed by atoms with Gasteiger partial charge in [0.1, 0.15) is 24.4 Å². The van der Waals surface area contributed by atoms with E-state index >= 15 is 0 Å². The predicted molar refractivity (Wildman–Crippen MR) is 185 cm³/mol. The molecule has 9 heteroatoms. The van der Waals surface area contributed by atoms with Crippen LogP contribution in [0.4, 0.5) is 0 Å². The Morgan fingerprint density at radius 3 is 1.57 bits per heavy atom. The van der Waals surface area contributed by atoms with Gasteiger partial charge in [-0.15, -0.1) is 0 Å². The van der Waals surface area contributed by atoms with E-state index < -0.39 is 48.0 Å². The minimum Gasteiger partial charge on any atom is -0.414 e. The maximum atomic E-state index is 14.0. The van der Waals surface area contributed by atoms with Crippen LogP contribution in [0, 0.1) is 0 Å². The van der Waals surface area contributed by atoms with Crippen LogP contribution in [0.5, 0.6) is 0 Å². The second-order valence-electron chi connectivity index (χ2n) is 13.7. The first kappa shape index (κ1) is 36.2. The van der Waals surface area contributed by atoms with Crippen molar-refractivity contribution in [3.63, 3.8) is 0 Å². The lowest BCUT2D eigenvalue weighted by Gasteiger charge is -2.47. The molecule has 7 nitrogen and oxygen atoms in total. The molecule has 1 aliphatic heterocycles. The molecule has 0 radical (unpaired) electrons. The molecule has 0 saturated carbocycles. The Labute approximate surface area is 276 Å². The minimum atomic E-state index is -3.88. The maximum Gasteiger partial charge on any atom is 0.192 e. The molecule has 46 heavy (non-hydrogen) atoms. The van der Waals surface area contributed by atoms with E-state index in [2.05, 4.69) is 40.4 Å². The SMILES string of the molecule is C=C(C)CS(=O)(=O)C1O[C@H](CO[Si](C)(C)C(C)(C)C)[C@@H](OCc2ccccc2)[C@H](OCc2ccccc2)[C@H]1OCc1ccccc1. The van der Waals surface area contributed by atoms with Crippen LogP contribution in [0.1, 0.15) is 44.4 Å². The number of rotatable bonds is 15. The first-order valence-corrected chi connectivity index (χ1v) is 20.5. The van der Waals surface area contributed by atoms with Gasteiger partial charge in [0.05, 0.1) is 32.2 Å². The Morgan fingerprint density at radius 1 is 0.739 bits per heavy atom. The summed E-state index contributed by atoms with van der Waals surface area (Å²) in [6.07, 6.45) is -3.21. The van der Waals surface area contributed by atoms with Crippen LogP contribution in [0.25, 0.3) is 0 Å². The quantitative estimate of drug-likeness (QED) is 0.123. The van der Waals surface area contributed by atoms with Crippen LogP contribution in [-0.2, 0) is 53.0 Å². The average molecular weight is 667 g/mol. The molecule has 0 aliphatic carbocycles. The summed E-state index contributed by atoms with van der Waals surface area (Å²) in [5, 5.41) is -0.0575. The summed E-state index contributed by atoms with van der Waals surface area (Å²) in [6, 6.07) is 29.3. The number of hydrogen-bond acceptors (Lipinski definition) is 7. The van der Waals surface area contributed by atoms with Crippen LogP contribution >= 0.6 is 0 Å². The van der Waals surface area contributed by atoms with Crippen molar-refractivity contribution in [2.45, 2.75) is 95.5 Å². The van der Waals surface area contributed by atoms with Gasteiger partial charge in [0, 0.05) is 0 Å². The average Bonchev–Trinajstić information content (AvgIpc) is 3.01. The molecular formula is C37H50O7SSi. The summed E-state index contributed by atoms with van der Waals surface area (Å²) in [6.45, 7) is 17.3. The zero-order chi connectivity index (χ0) is 33.4. The van der Waals surface area contributed by atoms with Crippen molar-refractivity contribution >= 4 is 18.2 Å². The van der Waals surface area contributed by atoms with Crippen molar-refractivity contribution in [3.8, 4) is 0 Å². The second kappa shape index (κ2) is 16.0. The molecule has 1 fully saturated rings. The highest BCUT2D eigenvalue weighted by atomic mass is 32.2. The maximum absolute atomic E-state index is 14.0. The van der Waals surface area contributed by atoms with E-state index in [-0.39, 0.29) is 37.2 Å². The van der Waals surface area contributed by atoms with Crippen molar-refractivity contribution in [2.24, 2.45) is 0 Å². The highest BCUT2D eigenvalue weighted by molar-refractivity contribution is 7.92. The number of hydrogen-bond donors (Lipinski definition) is 0. The molecule has 1 unspecified atom stereocenters. The normalized spacial score (nSPS) is 22.4. The van der Waals surface area contributed by atoms with E-state index in [4.69, 9.17) is 23.4 Å². The van der Waals surface area contributed by atoms with Gasteiger partial charge in [-0.25, -0.2) is 8.42 Å². The monoisotopic (exact) mass is 666 g/mol. The van der Waals surface area contributed by atoms with E-state index in [1.54, 1.807) is 6.92 Å². The van der Waals surface area contributed by atoms with Gasteiger partial charge in [0.15, 0.2) is 23.6 Å². The zero-order valence-electron chi connectivity index (χ0n) is 28.1. The van der Waals surface area contributed by atoms with Crippen molar-refractivity contribution in [1.82, 2.24) is 0 Å². The van der Waals surface area contributed by atoms with Gasteiger partial charge in [0.2, 0.25) is 0 Å². The summed E-state index contributed by atoms with van der Waals surface area (Å²) in [4.78, 5) is 0. The van der Waals surface area contributed by atoms with E-state index in [1.807, 2.05) is 91.0 Å². The molecule has 0 aromatic heterocycles. The molecule has 1 heterocycles. The van der Waals surface area contributed by atoms with Crippen molar-refractivity contribution in [1.29, 1.82) is 0 Å². The van der Waals surface area contributed by atoms with Crippen LogP contribution in [0.3, 0.4) is 0 Å². The predicted octanol–water partition coefficient (Wildman–Crippen LogP) is 7.48. The molecular weight excluding hydrogens is 617 g/mol. The lowest BCUT2D eigenvalue weighted by atomic mass is 9.99.